The molecule has 1 atom stereocenters. The predicted octanol–water partition coefficient (Wildman–Crippen LogP) is -1.12. The summed E-state index contributed by atoms with van der Waals surface area (Å²) in [6, 6.07) is -1.30. The van der Waals surface area contributed by atoms with Crippen molar-refractivity contribution >= 4 is 35.7 Å². The van der Waals surface area contributed by atoms with Crippen molar-refractivity contribution in [3.05, 3.63) is 0 Å². The zero-order valence-corrected chi connectivity index (χ0v) is 14.1. The van der Waals surface area contributed by atoms with Crippen molar-refractivity contribution in [3.63, 3.8) is 0 Å². The first-order chi connectivity index (χ1) is 12.0. The maximum absolute atomic E-state index is 11.2. The van der Waals surface area contributed by atoms with Crippen molar-refractivity contribution in [2.24, 2.45) is 0 Å². The van der Waals surface area contributed by atoms with Gasteiger partial charge in [0.05, 0.1) is 0 Å². The Kier molecular flexibility index (Phi) is 13.7. The van der Waals surface area contributed by atoms with Gasteiger partial charge in [-0.2, -0.15) is 0 Å². The molecule has 0 aliphatic heterocycles. The van der Waals surface area contributed by atoms with Crippen LogP contribution in [0.3, 0.4) is 0 Å². The number of carbonyl (C=O) groups excluding carboxylic acids is 2. The fraction of sp³-hybridized carbons (Fsp3) is 0.571. The number of nitrogens with one attached hydrogen (secondary N) is 2. The van der Waals surface area contributed by atoms with Crippen molar-refractivity contribution in [2.75, 3.05) is 7.05 Å². The van der Waals surface area contributed by atoms with Crippen molar-refractivity contribution in [3.8, 4) is 0 Å². The number of rotatable bonds is 11. The normalized spacial score (nSPS) is 10.5. The summed E-state index contributed by atoms with van der Waals surface area (Å²) >= 11 is 0. The Balaban J connectivity index is 0. The smallest absolute Gasteiger partial charge is 0.326 e. The molecular weight excluding hydrogens is 356 g/mol. The van der Waals surface area contributed by atoms with E-state index in [0.717, 1.165) is 0 Å². The molecule has 6 N–H and O–H groups in total. The van der Waals surface area contributed by atoms with Crippen molar-refractivity contribution < 1.29 is 49.2 Å². The molecule has 0 heterocycles. The van der Waals surface area contributed by atoms with Gasteiger partial charge in [-0.1, -0.05) is 0 Å². The largest absolute Gasteiger partial charge is 0.481 e. The highest BCUT2D eigenvalue weighted by Crippen LogP contribution is 1.99. The molecule has 1 unspecified atom stereocenters. The zero-order valence-electron chi connectivity index (χ0n) is 14.1. The van der Waals surface area contributed by atoms with Gasteiger partial charge in [0.2, 0.25) is 11.8 Å². The molecule has 148 valence electrons. The molecule has 12 heteroatoms. The summed E-state index contributed by atoms with van der Waals surface area (Å²) in [6.07, 6.45) is -1.02. The molecule has 2 amide bonds. The third-order valence-corrected chi connectivity index (χ3v) is 2.66. The highest BCUT2D eigenvalue weighted by atomic mass is 16.4. The van der Waals surface area contributed by atoms with E-state index in [0.29, 0.717) is 0 Å². The molecule has 0 aromatic carbocycles. The summed E-state index contributed by atoms with van der Waals surface area (Å²) in [7, 11) is 1.34. The Labute approximate surface area is 148 Å². The lowest BCUT2D eigenvalue weighted by Crippen LogP contribution is -2.42. The van der Waals surface area contributed by atoms with Crippen LogP contribution in [0.2, 0.25) is 0 Å². The van der Waals surface area contributed by atoms with Gasteiger partial charge in [0, 0.05) is 26.3 Å². The van der Waals surface area contributed by atoms with E-state index in [1.807, 2.05) is 0 Å². The second-order valence-corrected chi connectivity index (χ2v) is 4.88. The van der Waals surface area contributed by atoms with Crippen LogP contribution in [0.4, 0.5) is 0 Å². The molecule has 0 aliphatic carbocycles. The van der Waals surface area contributed by atoms with Gasteiger partial charge in [0.1, 0.15) is 12.5 Å². The highest BCUT2D eigenvalue weighted by Gasteiger charge is 2.21. The fourth-order valence-electron chi connectivity index (χ4n) is 1.40. The van der Waals surface area contributed by atoms with E-state index in [4.69, 9.17) is 20.4 Å². The number of amides is 2. The SMILES string of the molecule is CNC(=O)CC(=O)NC(CCC(=O)O)C(=O)O.O=C(O)CCCC(=O)O. The van der Waals surface area contributed by atoms with Gasteiger partial charge < -0.3 is 31.1 Å². The van der Waals surface area contributed by atoms with E-state index >= 15 is 0 Å². The van der Waals surface area contributed by atoms with E-state index in [1.165, 1.54) is 7.05 Å². The van der Waals surface area contributed by atoms with Gasteiger partial charge in [-0.25, -0.2) is 4.79 Å². The number of carboxylic acid groups (broad SMARTS) is 4. The molecule has 0 fully saturated rings. The summed E-state index contributed by atoms with van der Waals surface area (Å²) in [5.74, 6) is -5.70. The van der Waals surface area contributed by atoms with Gasteiger partial charge in [0.25, 0.3) is 0 Å². The van der Waals surface area contributed by atoms with Gasteiger partial charge in [-0.3, -0.25) is 24.0 Å². The molecule has 0 spiro atoms. The van der Waals surface area contributed by atoms with Crippen LogP contribution in [0.25, 0.3) is 0 Å². The average molecular weight is 378 g/mol. The predicted molar refractivity (Wildman–Crippen MR) is 84.2 cm³/mol. The van der Waals surface area contributed by atoms with Gasteiger partial charge in [-0.05, 0) is 12.8 Å². The number of hydrogen-bond acceptors (Lipinski definition) is 6. The van der Waals surface area contributed by atoms with E-state index in [9.17, 15) is 28.8 Å². The molecule has 0 aliphatic rings. The first kappa shape index (κ1) is 25.1. The van der Waals surface area contributed by atoms with Crippen LogP contribution in [0.15, 0.2) is 0 Å². The molecule has 0 aromatic rings. The molecule has 0 rings (SSSR count). The molecule has 26 heavy (non-hydrogen) atoms. The molecule has 0 aromatic heterocycles. The second kappa shape index (κ2) is 14.2. The third-order valence-electron chi connectivity index (χ3n) is 2.66. The fourth-order valence-corrected chi connectivity index (χ4v) is 1.40. The molecule has 0 bridgehead atoms. The van der Waals surface area contributed by atoms with E-state index in [2.05, 4.69) is 10.6 Å². The Morgan fingerprint density at radius 3 is 1.58 bits per heavy atom. The van der Waals surface area contributed by atoms with E-state index in [1.54, 1.807) is 0 Å². The first-order valence-electron chi connectivity index (χ1n) is 7.37. The molecule has 0 saturated carbocycles. The van der Waals surface area contributed by atoms with Crippen LogP contribution in [0.1, 0.15) is 38.5 Å². The second-order valence-electron chi connectivity index (χ2n) is 4.88. The minimum Gasteiger partial charge on any atom is -0.481 e. The van der Waals surface area contributed by atoms with E-state index < -0.39 is 48.2 Å². The third kappa shape index (κ3) is 17.2. The molecule has 12 nitrogen and oxygen atoms in total. The van der Waals surface area contributed by atoms with E-state index in [-0.39, 0.29) is 32.1 Å². The maximum Gasteiger partial charge on any atom is 0.326 e. The van der Waals surface area contributed by atoms with Crippen LogP contribution in [-0.4, -0.2) is 69.2 Å². The quantitative estimate of drug-likeness (QED) is 0.239. The van der Waals surface area contributed by atoms with Crippen LogP contribution in [-0.2, 0) is 28.8 Å². The number of carbonyl (C=O) groups is 6. The highest BCUT2D eigenvalue weighted by molar-refractivity contribution is 5.98. The molecule has 0 saturated heterocycles. The summed E-state index contributed by atoms with van der Waals surface area (Å²) in [4.78, 5) is 62.6. The Bertz CT molecular complexity index is 518. The Morgan fingerprint density at radius 2 is 1.23 bits per heavy atom. The summed E-state index contributed by atoms with van der Waals surface area (Å²) in [5.41, 5.74) is 0. The number of carboxylic acids is 4. The molecule has 0 radical (unpaired) electrons. The average Bonchev–Trinajstić information content (AvgIpc) is 2.50. The van der Waals surface area contributed by atoms with Crippen molar-refractivity contribution in [1.82, 2.24) is 10.6 Å². The lowest BCUT2D eigenvalue weighted by molar-refractivity contribution is -0.144. The standard InChI is InChI=1S/C9H14N2O6.C5H8O4/c1-10-6(12)4-7(13)11-5(9(16)17)2-3-8(14)15;6-4(7)2-1-3-5(8)9/h5H,2-4H2,1H3,(H,10,12)(H,11,13)(H,14,15)(H,16,17);1-3H2,(H,6,7)(H,8,9). The number of hydrogen-bond donors (Lipinski definition) is 6. The minimum absolute atomic E-state index is 0.0632. The minimum atomic E-state index is -1.34. The Hall–Kier alpha value is -3.18. The Morgan fingerprint density at radius 1 is 0.769 bits per heavy atom. The van der Waals surface area contributed by atoms with Gasteiger partial charge in [-0.15, -0.1) is 0 Å². The monoisotopic (exact) mass is 378 g/mol. The summed E-state index contributed by atoms with van der Waals surface area (Å²) in [5, 5.41) is 37.5. The van der Waals surface area contributed by atoms with Gasteiger partial charge >= 0.3 is 23.9 Å². The van der Waals surface area contributed by atoms with Gasteiger partial charge in [0.15, 0.2) is 0 Å². The maximum atomic E-state index is 11.2. The lowest BCUT2D eigenvalue weighted by Gasteiger charge is -2.12. The summed E-state index contributed by atoms with van der Waals surface area (Å²) < 4.78 is 0. The number of aliphatic carboxylic acids is 4. The zero-order chi connectivity index (χ0) is 20.7. The summed E-state index contributed by atoms with van der Waals surface area (Å²) in [6.45, 7) is 0. The first-order valence-corrected chi connectivity index (χ1v) is 7.37. The topological polar surface area (TPSA) is 207 Å². The van der Waals surface area contributed by atoms with Crippen molar-refractivity contribution in [2.45, 2.75) is 44.6 Å². The van der Waals surface area contributed by atoms with Crippen molar-refractivity contribution in [1.29, 1.82) is 0 Å². The van der Waals surface area contributed by atoms with Crippen LogP contribution < -0.4 is 10.6 Å². The molecular formula is C14H22N2O10. The van der Waals surface area contributed by atoms with Crippen LogP contribution in [0, 0.1) is 0 Å². The van der Waals surface area contributed by atoms with Crippen LogP contribution >= 0.6 is 0 Å². The van der Waals surface area contributed by atoms with Crippen LogP contribution in [0.5, 0.6) is 0 Å². The lowest BCUT2D eigenvalue weighted by atomic mass is 10.1.